The van der Waals surface area contributed by atoms with Gasteiger partial charge in [-0.3, -0.25) is 9.69 Å². The van der Waals surface area contributed by atoms with E-state index in [1.165, 1.54) is 11.3 Å². The normalized spacial score (nSPS) is 15.9. The van der Waals surface area contributed by atoms with Crippen LogP contribution < -0.4 is 15.0 Å². The first kappa shape index (κ1) is 20.2. The van der Waals surface area contributed by atoms with Gasteiger partial charge in [0.05, 0.1) is 19.7 Å². The number of hydrogen-bond donors (Lipinski definition) is 1. The highest BCUT2D eigenvalue weighted by Gasteiger charge is 2.20. The Hall–Kier alpha value is -2.53. The highest BCUT2D eigenvalue weighted by molar-refractivity contribution is 5.78. The summed E-state index contributed by atoms with van der Waals surface area (Å²) < 4.78 is 5.22. The average Bonchev–Trinajstić information content (AvgIpc) is 2.74. The second kappa shape index (κ2) is 9.60. The lowest BCUT2D eigenvalue weighted by Crippen LogP contribution is -2.49. The molecular formula is C23H31N3O2. The summed E-state index contributed by atoms with van der Waals surface area (Å²) in [5.74, 6) is 0.961. The molecule has 1 fully saturated rings. The quantitative estimate of drug-likeness (QED) is 0.800. The van der Waals surface area contributed by atoms with Crippen molar-refractivity contribution in [3.63, 3.8) is 0 Å². The Bertz CT molecular complexity index is 750. The van der Waals surface area contributed by atoms with Crippen LogP contribution in [0.4, 0.5) is 5.69 Å². The van der Waals surface area contributed by atoms with Crippen LogP contribution >= 0.6 is 0 Å². The lowest BCUT2D eigenvalue weighted by Gasteiger charge is -2.36. The van der Waals surface area contributed by atoms with Crippen LogP contribution in [0, 0.1) is 0 Å². The van der Waals surface area contributed by atoms with E-state index in [9.17, 15) is 4.79 Å². The monoisotopic (exact) mass is 381 g/mol. The van der Waals surface area contributed by atoms with Gasteiger partial charge in [0.2, 0.25) is 5.91 Å². The third kappa shape index (κ3) is 5.26. The summed E-state index contributed by atoms with van der Waals surface area (Å²) >= 11 is 0. The number of methoxy groups -OCH3 is 1. The first-order valence-electron chi connectivity index (χ1n) is 10.1. The maximum absolute atomic E-state index is 12.5. The van der Waals surface area contributed by atoms with Gasteiger partial charge in [-0.2, -0.15) is 0 Å². The van der Waals surface area contributed by atoms with Gasteiger partial charge in [-0.05, 0) is 48.7 Å². The molecule has 5 nitrogen and oxygen atoms in total. The number of carbonyl (C=O) groups is 1. The molecule has 0 bridgehead atoms. The summed E-state index contributed by atoms with van der Waals surface area (Å²) in [6.07, 6.45) is 1.03. The fourth-order valence-corrected chi connectivity index (χ4v) is 3.57. The number of aryl methyl sites for hydroxylation is 1. The van der Waals surface area contributed by atoms with E-state index in [0.717, 1.165) is 43.9 Å². The SMILES string of the molecule is CCc1ccc([C@@H](C)NC(=O)CN2CCN(c3ccc(OC)cc3)CC2)cc1. The molecule has 1 saturated heterocycles. The van der Waals surface area contributed by atoms with Crippen molar-refractivity contribution in [1.29, 1.82) is 0 Å². The maximum Gasteiger partial charge on any atom is 0.234 e. The molecule has 0 aromatic heterocycles. The van der Waals surface area contributed by atoms with Crippen molar-refractivity contribution in [2.24, 2.45) is 0 Å². The zero-order valence-electron chi connectivity index (χ0n) is 17.1. The van der Waals surface area contributed by atoms with Crippen molar-refractivity contribution in [1.82, 2.24) is 10.2 Å². The van der Waals surface area contributed by atoms with Crippen LogP contribution in [0.2, 0.25) is 0 Å². The Labute approximate surface area is 168 Å². The number of rotatable bonds is 7. The molecule has 150 valence electrons. The van der Waals surface area contributed by atoms with Gasteiger partial charge >= 0.3 is 0 Å². The molecule has 0 radical (unpaired) electrons. The van der Waals surface area contributed by atoms with E-state index >= 15 is 0 Å². The minimum absolute atomic E-state index is 0.0268. The van der Waals surface area contributed by atoms with Crippen molar-refractivity contribution in [3.8, 4) is 5.75 Å². The summed E-state index contributed by atoms with van der Waals surface area (Å²) in [4.78, 5) is 17.0. The van der Waals surface area contributed by atoms with Crippen LogP contribution in [0.5, 0.6) is 5.75 Å². The minimum Gasteiger partial charge on any atom is -0.497 e. The van der Waals surface area contributed by atoms with Gasteiger partial charge in [0, 0.05) is 31.9 Å². The van der Waals surface area contributed by atoms with Crippen LogP contribution in [-0.2, 0) is 11.2 Å². The largest absolute Gasteiger partial charge is 0.497 e. The van der Waals surface area contributed by atoms with Crippen LogP contribution in [-0.4, -0.2) is 50.6 Å². The maximum atomic E-state index is 12.5. The van der Waals surface area contributed by atoms with E-state index in [1.807, 2.05) is 19.1 Å². The van der Waals surface area contributed by atoms with Crippen molar-refractivity contribution in [3.05, 3.63) is 59.7 Å². The van der Waals surface area contributed by atoms with Gasteiger partial charge in [-0.25, -0.2) is 0 Å². The van der Waals surface area contributed by atoms with E-state index in [0.29, 0.717) is 6.54 Å². The van der Waals surface area contributed by atoms with Crippen LogP contribution in [0.25, 0.3) is 0 Å². The smallest absolute Gasteiger partial charge is 0.234 e. The molecule has 0 aliphatic carbocycles. The highest BCUT2D eigenvalue weighted by atomic mass is 16.5. The van der Waals surface area contributed by atoms with Gasteiger partial charge in [0.1, 0.15) is 5.75 Å². The number of anilines is 1. The van der Waals surface area contributed by atoms with E-state index in [-0.39, 0.29) is 11.9 Å². The van der Waals surface area contributed by atoms with Crippen molar-refractivity contribution < 1.29 is 9.53 Å². The first-order chi connectivity index (χ1) is 13.6. The summed E-state index contributed by atoms with van der Waals surface area (Å²) in [5, 5.41) is 3.13. The molecular weight excluding hydrogens is 350 g/mol. The van der Waals surface area contributed by atoms with Crippen molar-refractivity contribution >= 4 is 11.6 Å². The molecule has 1 atom stereocenters. The van der Waals surface area contributed by atoms with Crippen LogP contribution in [0.1, 0.15) is 31.0 Å². The molecule has 1 amide bonds. The summed E-state index contributed by atoms with van der Waals surface area (Å²) in [6.45, 7) is 8.27. The predicted molar refractivity (Wildman–Crippen MR) is 114 cm³/mol. The molecule has 2 aromatic carbocycles. The molecule has 0 unspecified atom stereocenters. The number of nitrogens with zero attached hydrogens (tertiary/aromatic N) is 2. The third-order valence-electron chi connectivity index (χ3n) is 5.44. The number of nitrogens with one attached hydrogen (secondary N) is 1. The molecule has 3 rings (SSSR count). The molecule has 0 saturated carbocycles. The summed E-state index contributed by atoms with van der Waals surface area (Å²) in [6, 6.07) is 16.7. The lowest BCUT2D eigenvalue weighted by molar-refractivity contribution is -0.123. The molecule has 5 heteroatoms. The zero-order valence-corrected chi connectivity index (χ0v) is 17.1. The molecule has 1 aliphatic rings. The van der Waals surface area contributed by atoms with Gasteiger partial charge in [-0.1, -0.05) is 31.2 Å². The lowest BCUT2D eigenvalue weighted by atomic mass is 10.1. The number of benzene rings is 2. The van der Waals surface area contributed by atoms with Crippen molar-refractivity contribution in [2.45, 2.75) is 26.3 Å². The topological polar surface area (TPSA) is 44.8 Å². The number of piperazine rings is 1. The molecule has 0 spiro atoms. The van der Waals surface area contributed by atoms with Gasteiger partial charge in [0.15, 0.2) is 0 Å². The third-order valence-corrected chi connectivity index (χ3v) is 5.44. The number of ether oxygens (including phenoxy) is 1. The summed E-state index contributed by atoms with van der Waals surface area (Å²) in [5.41, 5.74) is 3.67. The van der Waals surface area contributed by atoms with Crippen LogP contribution in [0.15, 0.2) is 48.5 Å². The number of amides is 1. The number of carbonyl (C=O) groups excluding carboxylic acids is 1. The van der Waals surface area contributed by atoms with E-state index < -0.39 is 0 Å². The zero-order chi connectivity index (χ0) is 19.9. The number of hydrogen-bond acceptors (Lipinski definition) is 4. The Morgan fingerprint density at radius 1 is 1.04 bits per heavy atom. The first-order valence-corrected chi connectivity index (χ1v) is 10.1. The van der Waals surface area contributed by atoms with E-state index in [1.54, 1.807) is 7.11 Å². The Balaban J connectivity index is 1.45. The van der Waals surface area contributed by atoms with E-state index in [4.69, 9.17) is 4.74 Å². The van der Waals surface area contributed by atoms with Crippen molar-refractivity contribution in [2.75, 3.05) is 44.7 Å². The second-order valence-electron chi connectivity index (χ2n) is 7.35. The predicted octanol–water partition coefficient (Wildman–Crippen LogP) is 3.26. The molecule has 28 heavy (non-hydrogen) atoms. The average molecular weight is 382 g/mol. The molecule has 2 aromatic rings. The fourth-order valence-electron chi connectivity index (χ4n) is 3.57. The van der Waals surface area contributed by atoms with Crippen LogP contribution in [0.3, 0.4) is 0 Å². The van der Waals surface area contributed by atoms with Gasteiger partial charge < -0.3 is 15.0 Å². The van der Waals surface area contributed by atoms with E-state index in [2.05, 4.69) is 58.4 Å². The summed E-state index contributed by atoms with van der Waals surface area (Å²) in [7, 11) is 1.68. The Morgan fingerprint density at radius 2 is 1.68 bits per heavy atom. The Morgan fingerprint density at radius 3 is 2.25 bits per heavy atom. The molecule has 1 N–H and O–H groups in total. The standard InChI is InChI=1S/C23H31N3O2/c1-4-19-5-7-20(8-6-19)18(2)24-23(27)17-25-13-15-26(16-14-25)21-9-11-22(28-3)12-10-21/h5-12,18H,4,13-17H2,1-3H3,(H,24,27)/t18-/m1/s1. The highest BCUT2D eigenvalue weighted by Crippen LogP contribution is 2.20. The Kier molecular flexibility index (Phi) is 6.93. The van der Waals surface area contributed by atoms with Gasteiger partial charge in [-0.15, -0.1) is 0 Å². The minimum atomic E-state index is 0.0268. The molecule has 1 aliphatic heterocycles. The van der Waals surface area contributed by atoms with Gasteiger partial charge in [0.25, 0.3) is 0 Å². The fraction of sp³-hybridized carbons (Fsp3) is 0.435. The molecule has 1 heterocycles. The second-order valence-corrected chi connectivity index (χ2v) is 7.35.